The molecule has 0 radical (unpaired) electrons. The number of carbonyl (C=O) groups is 1. The topological polar surface area (TPSA) is 83.5 Å². The Bertz CT molecular complexity index is 537. The number of nitrogens with one attached hydrogen (secondary N) is 1. The average molecular weight is 271 g/mol. The highest BCUT2D eigenvalue weighted by atomic mass is 32.2. The van der Waals surface area contributed by atoms with Gasteiger partial charge in [0.15, 0.2) is 0 Å². The minimum atomic E-state index is -3.40. The number of carboxylic acid groups (broad SMARTS) is 1. The number of hydrogen-bond acceptors (Lipinski definition) is 3. The van der Waals surface area contributed by atoms with Gasteiger partial charge in [-0.15, -0.1) is 0 Å². The molecule has 0 aliphatic carbocycles. The quantitative estimate of drug-likeness (QED) is 0.831. The summed E-state index contributed by atoms with van der Waals surface area (Å²) in [7, 11) is -3.40. The molecule has 0 aliphatic rings. The first-order chi connectivity index (χ1) is 8.35. The van der Waals surface area contributed by atoms with Crippen molar-refractivity contribution in [2.24, 2.45) is 0 Å². The molecule has 0 saturated carbocycles. The molecule has 0 unspecified atom stereocenters. The van der Waals surface area contributed by atoms with Crippen LogP contribution in [0.15, 0.2) is 18.2 Å². The number of aryl methyl sites for hydroxylation is 1. The predicted molar refractivity (Wildman–Crippen MR) is 70.5 cm³/mol. The minimum absolute atomic E-state index is 0.0414. The summed E-state index contributed by atoms with van der Waals surface area (Å²) in [4.78, 5) is 10.9. The second-order valence-electron chi connectivity index (χ2n) is 4.11. The lowest BCUT2D eigenvalue weighted by molar-refractivity contribution is 0.0696. The van der Waals surface area contributed by atoms with Crippen LogP contribution in [0.4, 0.5) is 5.69 Å². The average Bonchev–Trinajstić information content (AvgIpc) is 2.28. The maximum Gasteiger partial charge on any atom is 0.336 e. The van der Waals surface area contributed by atoms with Gasteiger partial charge in [-0.05, 0) is 31.0 Å². The predicted octanol–water partition coefficient (Wildman–Crippen LogP) is 2.24. The highest BCUT2D eigenvalue weighted by molar-refractivity contribution is 7.92. The van der Waals surface area contributed by atoms with Gasteiger partial charge in [-0.25, -0.2) is 13.2 Å². The lowest BCUT2D eigenvalue weighted by atomic mass is 10.1. The number of sulfonamides is 1. The molecule has 100 valence electrons. The number of hydrogen-bond donors (Lipinski definition) is 2. The van der Waals surface area contributed by atoms with Gasteiger partial charge in [-0.3, -0.25) is 4.72 Å². The highest BCUT2D eigenvalue weighted by Gasteiger charge is 2.12. The van der Waals surface area contributed by atoms with E-state index in [1.54, 1.807) is 19.1 Å². The van der Waals surface area contributed by atoms with Crippen LogP contribution in [0.3, 0.4) is 0 Å². The van der Waals surface area contributed by atoms with Crippen molar-refractivity contribution in [3.05, 3.63) is 29.3 Å². The van der Waals surface area contributed by atoms with E-state index < -0.39 is 16.0 Å². The summed E-state index contributed by atoms with van der Waals surface area (Å²) in [5.41, 5.74) is 0.985. The van der Waals surface area contributed by atoms with Crippen LogP contribution in [0, 0.1) is 6.92 Å². The van der Waals surface area contributed by atoms with Crippen molar-refractivity contribution in [1.82, 2.24) is 0 Å². The molecule has 0 heterocycles. The van der Waals surface area contributed by atoms with Gasteiger partial charge < -0.3 is 5.11 Å². The summed E-state index contributed by atoms with van der Waals surface area (Å²) < 4.78 is 25.7. The van der Waals surface area contributed by atoms with Crippen molar-refractivity contribution < 1.29 is 18.3 Å². The van der Waals surface area contributed by atoms with Crippen LogP contribution < -0.4 is 4.72 Å². The summed E-state index contributed by atoms with van der Waals surface area (Å²) >= 11 is 0. The van der Waals surface area contributed by atoms with Crippen molar-refractivity contribution in [1.29, 1.82) is 0 Å². The van der Waals surface area contributed by atoms with E-state index in [-0.39, 0.29) is 17.0 Å². The van der Waals surface area contributed by atoms with E-state index in [4.69, 9.17) is 5.11 Å². The van der Waals surface area contributed by atoms with Crippen LogP contribution in [0.25, 0.3) is 0 Å². The van der Waals surface area contributed by atoms with Gasteiger partial charge in [0.05, 0.1) is 11.3 Å². The third kappa shape index (κ3) is 4.03. The molecule has 0 bridgehead atoms. The Morgan fingerprint density at radius 1 is 1.39 bits per heavy atom. The Morgan fingerprint density at radius 2 is 2.06 bits per heavy atom. The van der Waals surface area contributed by atoms with Gasteiger partial charge in [0.1, 0.15) is 0 Å². The number of benzene rings is 1. The van der Waals surface area contributed by atoms with E-state index in [9.17, 15) is 13.2 Å². The Kier molecular flexibility index (Phi) is 4.72. The number of rotatable bonds is 6. The molecule has 0 amide bonds. The van der Waals surface area contributed by atoms with Crippen molar-refractivity contribution in [3.63, 3.8) is 0 Å². The number of carboxylic acids is 1. The number of aromatic carboxylic acids is 1. The van der Waals surface area contributed by atoms with Crippen LogP contribution in [0.1, 0.15) is 35.7 Å². The van der Waals surface area contributed by atoms with Crippen LogP contribution in [-0.2, 0) is 10.0 Å². The Labute approximate surface area is 107 Å². The third-order valence-corrected chi connectivity index (χ3v) is 3.88. The van der Waals surface area contributed by atoms with Crippen molar-refractivity contribution in [2.75, 3.05) is 10.5 Å². The molecule has 0 spiro atoms. The molecule has 5 nitrogen and oxygen atoms in total. The number of unbranched alkanes of at least 4 members (excludes halogenated alkanes) is 1. The molecule has 6 heteroatoms. The molecule has 18 heavy (non-hydrogen) atoms. The summed E-state index contributed by atoms with van der Waals surface area (Å²) in [5.74, 6) is -1.03. The first-order valence-corrected chi connectivity index (χ1v) is 7.35. The molecule has 1 rings (SSSR count). The zero-order chi connectivity index (χ0) is 13.8. The molecule has 1 aromatic rings. The van der Waals surface area contributed by atoms with Crippen LogP contribution in [0.5, 0.6) is 0 Å². The van der Waals surface area contributed by atoms with Gasteiger partial charge in [-0.1, -0.05) is 19.4 Å². The van der Waals surface area contributed by atoms with Gasteiger partial charge in [0, 0.05) is 5.69 Å². The monoisotopic (exact) mass is 271 g/mol. The van der Waals surface area contributed by atoms with Crippen LogP contribution in [0.2, 0.25) is 0 Å². The lowest BCUT2D eigenvalue weighted by Crippen LogP contribution is -2.17. The smallest absolute Gasteiger partial charge is 0.336 e. The van der Waals surface area contributed by atoms with Gasteiger partial charge >= 0.3 is 5.97 Å². The zero-order valence-corrected chi connectivity index (χ0v) is 11.3. The fourth-order valence-corrected chi connectivity index (χ4v) is 2.74. The minimum Gasteiger partial charge on any atom is -0.478 e. The van der Waals surface area contributed by atoms with Crippen molar-refractivity contribution >= 4 is 21.7 Å². The summed E-state index contributed by atoms with van der Waals surface area (Å²) in [6.45, 7) is 3.57. The summed E-state index contributed by atoms with van der Waals surface area (Å²) in [6, 6.07) is 4.48. The van der Waals surface area contributed by atoms with Crippen LogP contribution >= 0.6 is 0 Å². The first kappa shape index (κ1) is 14.5. The fraction of sp³-hybridized carbons (Fsp3) is 0.417. The Balaban J connectivity index is 2.92. The second-order valence-corrected chi connectivity index (χ2v) is 5.95. The number of anilines is 1. The Hall–Kier alpha value is -1.56. The maximum atomic E-state index is 11.7. The van der Waals surface area contributed by atoms with Gasteiger partial charge in [0.25, 0.3) is 0 Å². The third-order valence-electron chi connectivity index (χ3n) is 2.51. The molecular formula is C12H17NO4S. The first-order valence-electron chi connectivity index (χ1n) is 5.70. The van der Waals surface area contributed by atoms with Crippen molar-refractivity contribution in [2.45, 2.75) is 26.7 Å². The van der Waals surface area contributed by atoms with E-state index >= 15 is 0 Å². The van der Waals surface area contributed by atoms with E-state index in [0.717, 1.165) is 6.42 Å². The highest BCUT2D eigenvalue weighted by Crippen LogP contribution is 2.17. The molecule has 2 N–H and O–H groups in total. The molecule has 0 aliphatic heterocycles. The van der Waals surface area contributed by atoms with E-state index in [1.165, 1.54) is 6.07 Å². The molecule has 0 fully saturated rings. The normalized spacial score (nSPS) is 11.2. The van der Waals surface area contributed by atoms with E-state index in [1.807, 2.05) is 6.92 Å². The zero-order valence-electron chi connectivity index (χ0n) is 10.4. The molecule has 0 saturated heterocycles. The van der Waals surface area contributed by atoms with Crippen LogP contribution in [-0.4, -0.2) is 25.2 Å². The molecule has 0 atom stereocenters. The lowest BCUT2D eigenvalue weighted by Gasteiger charge is -2.09. The largest absolute Gasteiger partial charge is 0.478 e. The standard InChI is InChI=1S/C12H17NO4S/c1-3-4-7-18(16,17)13-10-6-5-9(2)11(8-10)12(14)15/h5-6,8,13H,3-4,7H2,1-2H3,(H,14,15). The molecule has 1 aromatic carbocycles. The van der Waals surface area contributed by atoms with E-state index in [2.05, 4.69) is 4.72 Å². The fourth-order valence-electron chi connectivity index (χ4n) is 1.48. The summed E-state index contributed by atoms with van der Waals surface area (Å²) in [6.07, 6.45) is 1.36. The molecule has 0 aromatic heterocycles. The maximum absolute atomic E-state index is 11.7. The van der Waals surface area contributed by atoms with Gasteiger partial charge in [0.2, 0.25) is 10.0 Å². The SMILES string of the molecule is CCCCS(=O)(=O)Nc1ccc(C)c(C(=O)O)c1. The molecular weight excluding hydrogens is 254 g/mol. The van der Waals surface area contributed by atoms with E-state index in [0.29, 0.717) is 12.0 Å². The summed E-state index contributed by atoms with van der Waals surface area (Å²) in [5, 5.41) is 8.95. The Morgan fingerprint density at radius 3 is 2.61 bits per heavy atom. The van der Waals surface area contributed by atoms with Crippen molar-refractivity contribution in [3.8, 4) is 0 Å². The second kappa shape index (κ2) is 5.86. The van der Waals surface area contributed by atoms with Gasteiger partial charge in [-0.2, -0.15) is 0 Å².